The third-order valence-electron chi connectivity index (χ3n) is 2.83. The normalized spacial score (nSPS) is 10.5. The van der Waals surface area contributed by atoms with E-state index in [0.29, 0.717) is 5.49 Å². The van der Waals surface area contributed by atoms with E-state index in [1.165, 1.54) is 16.7 Å². The number of benzene rings is 1. The fourth-order valence-corrected chi connectivity index (χ4v) is 2.13. The van der Waals surface area contributed by atoms with Gasteiger partial charge in [-0.1, -0.05) is 29.3 Å². The first-order valence-electron chi connectivity index (χ1n) is 5.83. The van der Waals surface area contributed by atoms with Crippen molar-refractivity contribution in [3.8, 4) is 0 Å². The van der Waals surface area contributed by atoms with E-state index in [4.69, 9.17) is 5.41 Å². The summed E-state index contributed by atoms with van der Waals surface area (Å²) in [5, 5.41) is 7.93. The number of aryl methyl sites for hydroxylation is 3. The molecule has 1 N–H and O–H groups in total. The average molecular weight is 226 g/mol. The summed E-state index contributed by atoms with van der Waals surface area (Å²) in [5.74, 6) is 0. The van der Waals surface area contributed by atoms with Crippen molar-refractivity contribution in [2.75, 3.05) is 0 Å². The summed E-state index contributed by atoms with van der Waals surface area (Å²) in [5.41, 5.74) is 5.50. The minimum absolute atomic E-state index is 0.559. The molecule has 0 saturated carbocycles. The molecule has 0 saturated heterocycles. The second kappa shape index (κ2) is 4.58. The van der Waals surface area contributed by atoms with Crippen LogP contribution in [0.3, 0.4) is 0 Å². The Bertz CT molecular complexity index is 574. The van der Waals surface area contributed by atoms with Gasteiger partial charge in [-0.25, -0.2) is 0 Å². The number of nitrogens with one attached hydrogen (secondary N) is 1. The molecule has 2 aromatic rings. The zero-order valence-corrected chi connectivity index (χ0v) is 10.6. The molecule has 0 fully saturated rings. The van der Waals surface area contributed by atoms with Gasteiger partial charge in [0.2, 0.25) is 0 Å². The molecular formula is C15H18N2. The highest BCUT2D eigenvalue weighted by Gasteiger charge is 1.98. The van der Waals surface area contributed by atoms with Crippen molar-refractivity contribution in [3.05, 3.63) is 64.3 Å². The molecule has 2 rings (SSSR count). The summed E-state index contributed by atoms with van der Waals surface area (Å²) in [6, 6.07) is 10.5. The van der Waals surface area contributed by atoms with Crippen molar-refractivity contribution in [2.24, 2.45) is 0 Å². The summed E-state index contributed by atoms with van der Waals surface area (Å²) in [6.07, 6.45) is 1.98. The Balaban J connectivity index is 2.34. The van der Waals surface area contributed by atoms with Gasteiger partial charge in [-0.15, -0.1) is 0 Å². The van der Waals surface area contributed by atoms with Crippen LogP contribution in [0.5, 0.6) is 0 Å². The highest BCUT2D eigenvalue weighted by molar-refractivity contribution is 5.28. The maximum Gasteiger partial charge on any atom is 0.125 e. The van der Waals surface area contributed by atoms with E-state index in [0.717, 1.165) is 12.1 Å². The van der Waals surface area contributed by atoms with Crippen LogP contribution in [0.2, 0.25) is 0 Å². The number of hydrogen-bond acceptors (Lipinski definition) is 1. The van der Waals surface area contributed by atoms with Crippen LogP contribution < -0.4 is 5.49 Å². The molecule has 0 aliphatic heterocycles. The van der Waals surface area contributed by atoms with Crippen molar-refractivity contribution < 1.29 is 0 Å². The van der Waals surface area contributed by atoms with Gasteiger partial charge in [0.25, 0.3) is 0 Å². The molecule has 0 atom stereocenters. The highest BCUT2D eigenvalue weighted by Crippen LogP contribution is 2.09. The Morgan fingerprint density at radius 1 is 0.941 bits per heavy atom. The lowest BCUT2D eigenvalue weighted by atomic mass is 10.1. The van der Waals surface area contributed by atoms with Gasteiger partial charge in [-0.3, -0.25) is 5.41 Å². The largest absolute Gasteiger partial charge is 0.329 e. The van der Waals surface area contributed by atoms with Crippen LogP contribution in [0, 0.1) is 26.2 Å². The van der Waals surface area contributed by atoms with Crippen molar-refractivity contribution in [1.29, 1.82) is 5.41 Å². The monoisotopic (exact) mass is 226 g/mol. The summed E-state index contributed by atoms with van der Waals surface area (Å²) >= 11 is 0. The number of rotatable bonds is 2. The standard InChI is InChI=1S/C15H18N2/c1-11-4-5-17(15(16)9-11)10-14-7-12(2)6-13(3)8-14/h4-9,16H,10H2,1-3H3. The molecule has 1 aromatic heterocycles. The molecule has 1 aromatic carbocycles. The fourth-order valence-electron chi connectivity index (χ4n) is 2.13. The van der Waals surface area contributed by atoms with Crippen LogP contribution in [-0.2, 0) is 6.54 Å². The lowest BCUT2D eigenvalue weighted by Gasteiger charge is -2.09. The maximum atomic E-state index is 7.93. The second-order valence-corrected chi connectivity index (χ2v) is 4.71. The van der Waals surface area contributed by atoms with E-state index >= 15 is 0 Å². The molecule has 0 aliphatic carbocycles. The molecular weight excluding hydrogens is 208 g/mol. The quantitative estimate of drug-likeness (QED) is 0.815. The van der Waals surface area contributed by atoms with Gasteiger partial charge in [-0.2, -0.15) is 0 Å². The molecule has 17 heavy (non-hydrogen) atoms. The van der Waals surface area contributed by atoms with Gasteiger partial charge in [-0.05, 0) is 44.0 Å². The molecule has 2 nitrogen and oxygen atoms in total. The van der Waals surface area contributed by atoms with Crippen LogP contribution in [0.4, 0.5) is 0 Å². The van der Waals surface area contributed by atoms with Crippen LogP contribution in [-0.4, -0.2) is 4.57 Å². The van der Waals surface area contributed by atoms with Crippen molar-refractivity contribution in [2.45, 2.75) is 27.3 Å². The molecule has 2 heteroatoms. The fraction of sp³-hybridized carbons (Fsp3) is 0.267. The number of aromatic nitrogens is 1. The van der Waals surface area contributed by atoms with E-state index in [2.05, 4.69) is 32.0 Å². The SMILES string of the molecule is Cc1cc(C)cc(Cn2ccc(C)cc2=N)c1. The first kappa shape index (κ1) is 11.6. The Kier molecular flexibility index (Phi) is 3.14. The Hall–Kier alpha value is -1.83. The van der Waals surface area contributed by atoms with Crippen LogP contribution in [0.25, 0.3) is 0 Å². The smallest absolute Gasteiger partial charge is 0.125 e. The highest BCUT2D eigenvalue weighted by atomic mass is 15.0. The first-order chi connectivity index (χ1) is 8.04. The maximum absolute atomic E-state index is 7.93. The summed E-state index contributed by atoms with van der Waals surface area (Å²) in [4.78, 5) is 0. The van der Waals surface area contributed by atoms with Gasteiger partial charge in [0, 0.05) is 12.7 Å². The van der Waals surface area contributed by atoms with Crippen LogP contribution >= 0.6 is 0 Å². The Morgan fingerprint density at radius 2 is 1.59 bits per heavy atom. The van der Waals surface area contributed by atoms with Gasteiger partial charge in [0.15, 0.2) is 0 Å². The summed E-state index contributed by atoms with van der Waals surface area (Å²) in [7, 11) is 0. The summed E-state index contributed by atoms with van der Waals surface area (Å²) < 4.78 is 1.96. The first-order valence-corrected chi connectivity index (χ1v) is 5.83. The number of nitrogens with zero attached hydrogens (tertiary/aromatic N) is 1. The van der Waals surface area contributed by atoms with Gasteiger partial charge >= 0.3 is 0 Å². The van der Waals surface area contributed by atoms with E-state index in [-0.39, 0.29) is 0 Å². The molecule has 1 heterocycles. The molecule has 0 amide bonds. The van der Waals surface area contributed by atoms with Crippen molar-refractivity contribution >= 4 is 0 Å². The zero-order valence-electron chi connectivity index (χ0n) is 10.6. The van der Waals surface area contributed by atoms with Gasteiger partial charge in [0.05, 0.1) is 0 Å². The van der Waals surface area contributed by atoms with E-state index in [1.807, 2.05) is 29.8 Å². The number of hydrogen-bond donors (Lipinski definition) is 1. The Labute approximate surface area is 102 Å². The minimum atomic E-state index is 0.559. The molecule has 0 unspecified atom stereocenters. The van der Waals surface area contributed by atoms with Gasteiger partial charge in [0.1, 0.15) is 5.49 Å². The van der Waals surface area contributed by atoms with Crippen molar-refractivity contribution in [1.82, 2.24) is 4.57 Å². The van der Waals surface area contributed by atoms with E-state index in [1.54, 1.807) is 0 Å². The topological polar surface area (TPSA) is 28.8 Å². The minimum Gasteiger partial charge on any atom is -0.329 e. The lowest BCUT2D eigenvalue weighted by Crippen LogP contribution is -2.19. The molecule has 0 bridgehead atoms. The molecule has 0 aliphatic rings. The zero-order chi connectivity index (χ0) is 12.4. The second-order valence-electron chi connectivity index (χ2n) is 4.71. The lowest BCUT2D eigenvalue weighted by molar-refractivity contribution is 0.728. The van der Waals surface area contributed by atoms with Crippen molar-refractivity contribution in [3.63, 3.8) is 0 Å². The van der Waals surface area contributed by atoms with Gasteiger partial charge < -0.3 is 4.57 Å². The van der Waals surface area contributed by atoms with E-state index in [9.17, 15) is 0 Å². The average Bonchev–Trinajstić information content (AvgIpc) is 2.21. The van der Waals surface area contributed by atoms with Crippen LogP contribution in [0.1, 0.15) is 22.3 Å². The third kappa shape index (κ3) is 2.84. The summed E-state index contributed by atoms with van der Waals surface area (Å²) in [6.45, 7) is 7.00. The third-order valence-corrected chi connectivity index (χ3v) is 2.83. The number of pyridine rings is 1. The predicted molar refractivity (Wildman–Crippen MR) is 70.0 cm³/mol. The Morgan fingerprint density at radius 3 is 2.18 bits per heavy atom. The molecule has 0 radical (unpaired) electrons. The molecule has 0 spiro atoms. The van der Waals surface area contributed by atoms with E-state index < -0.39 is 0 Å². The predicted octanol–water partition coefficient (Wildman–Crippen LogP) is 2.94. The van der Waals surface area contributed by atoms with Crippen LogP contribution in [0.15, 0.2) is 36.5 Å². The molecule has 88 valence electrons.